The van der Waals surface area contributed by atoms with Gasteiger partial charge in [-0.25, -0.2) is 4.98 Å². The van der Waals surface area contributed by atoms with E-state index >= 15 is 0 Å². The Kier molecular flexibility index (Phi) is 3.59. The highest BCUT2D eigenvalue weighted by molar-refractivity contribution is 5.82. The number of nitrogens with one attached hydrogen (secondary N) is 3. The Morgan fingerprint density at radius 2 is 2.21 bits per heavy atom. The lowest BCUT2D eigenvalue weighted by atomic mass is 9.92. The van der Waals surface area contributed by atoms with Gasteiger partial charge in [-0.1, -0.05) is 0 Å². The number of nitrogens with zero attached hydrogens (tertiary/aromatic N) is 1. The highest BCUT2D eigenvalue weighted by atomic mass is 16.2. The molecule has 0 aliphatic heterocycles. The van der Waals surface area contributed by atoms with Crippen molar-refractivity contribution in [3.8, 4) is 0 Å². The van der Waals surface area contributed by atoms with E-state index in [0.29, 0.717) is 18.3 Å². The van der Waals surface area contributed by atoms with E-state index in [0.717, 1.165) is 18.7 Å². The zero-order valence-corrected chi connectivity index (χ0v) is 11.5. The molecule has 6 heteroatoms. The Bertz CT molecular complexity index is 532. The molecule has 1 amide bonds. The predicted molar refractivity (Wildman–Crippen MR) is 73.2 cm³/mol. The summed E-state index contributed by atoms with van der Waals surface area (Å²) in [7, 11) is 1.61. The smallest absolute Gasteiger partial charge is 0.252 e. The number of anilines is 1. The molecule has 0 bridgehead atoms. The molecule has 104 valence electrons. The van der Waals surface area contributed by atoms with Crippen LogP contribution in [0, 0.1) is 5.41 Å². The predicted octanol–water partition coefficient (Wildman–Crippen LogP) is 0.831. The molecule has 0 spiro atoms. The molecule has 1 aliphatic carbocycles. The molecule has 1 aromatic heterocycles. The minimum absolute atomic E-state index is 0.0488. The molecule has 0 aromatic carbocycles. The van der Waals surface area contributed by atoms with Crippen LogP contribution in [0.25, 0.3) is 0 Å². The van der Waals surface area contributed by atoms with Gasteiger partial charge in [0.2, 0.25) is 5.91 Å². The van der Waals surface area contributed by atoms with Crippen molar-refractivity contribution in [1.29, 1.82) is 0 Å². The number of carbonyl (C=O) groups is 1. The molecule has 3 N–H and O–H groups in total. The van der Waals surface area contributed by atoms with Crippen LogP contribution in [-0.4, -0.2) is 29.5 Å². The normalized spacial score (nSPS) is 15.1. The number of amides is 1. The van der Waals surface area contributed by atoms with Crippen molar-refractivity contribution in [3.05, 3.63) is 22.2 Å². The molecule has 0 saturated heterocycles. The van der Waals surface area contributed by atoms with Crippen LogP contribution in [0.1, 0.15) is 38.4 Å². The summed E-state index contributed by atoms with van der Waals surface area (Å²) in [6, 6.07) is 1.42. The molecule has 1 saturated carbocycles. The molecule has 0 atom stereocenters. The van der Waals surface area contributed by atoms with Crippen LogP contribution in [0.5, 0.6) is 0 Å². The Labute approximate surface area is 112 Å². The highest BCUT2D eigenvalue weighted by Crippen LogP contribution is 2.37. The lowest BCUT2D eigenvalue weighted by molar-refractivity contribution is -0.128. The molecule has 0 unspecified atom stereocenters. The largest absolute Gasteiger partial charge is 0.369 e. The van der Waals surface area contributed by atoms with Crippen LogP contribution in [0.2, 0.25) is 0 Å². The van der Waals surface area contributed by atoms with Gasteiger partial charge in [0.05, 0.1) is 5.41 Å². The van der Waals surface area contributed by atoms with Gasteiger partial charge in [-0.05, 0) is 26.7 Å². The van der Waals surface area contributed by atoms with Crippen molar-refractivity contribution in [1.82, 2.24) is 15.3 Å². The Balaban J connectivity index is 2.07. The zero-order chi connectivity index (χ0) is 14.0. The Hall–Kier alpha value is -1.85. The SMILES string of the molecule is CNC(=O)C(C)(C)CNc1cc(=O)[nH]c(C2CC2)n1. The number of rotatable bonds is 5. The number of carbonyl (C=O) groups excluding carboxylic acids is 1. The maximum absolute atomic E-state index is 11.7. The maximum Gasteiger partial charge on any atom is 0.252 e. The van der Waals surface area contributed by atoms with Gasteiger partial charge < -0.3 is 15.6 Å². The standard InChI is InChI=1S/C13H20N4O2/c1-13(2,12(19)14-3)7-15-9-6-10(18)17-11(16-9)8-4-5-8/h6,8H,4-5,7H2,1-3H3,(H,14,19)(H2,15,16,17,18). The first kappa shape index (κ1) is 13.6. The van der Waals surface area contributed by atoms with E-state index in [9.17, 15) is 9.59 Å². The van der Waals surface area contributed by atoms with Crippen LogP contribution in [-0.2, 0) is 4.79 Å². The topological polar surface area (TPSA) is 86.9 Å². The lowest BCUT2D eigenvalue weighted by Gasteiger charge is -2.23. The summed E-state index contributed by atoms with van der Waals surface area (Å²) in [4.78, 5) is 30.4. The fourth-order valence-corrected chi connectivity index (χ4v) is 1.85. The van der Waals surface area contributed by atoms with E-state index in [2.05, 4.69) is 20.6 Å². The van der Waals surface area contributed by atoms with Gasteiger partial charge in [-0.2, -0.15) is 0 Å². The Morgan fingerprint density at radius 1 is 1.53 bits per heavy atom. The van der Waals surface area contributed by atoms with E-state index < -0.39 is 5.41 Å². The molecule has 19 heavy (non-hydrogen) atoms. The molecule has 6 nitrogen and oxygen atoms in total. The number of aromatic nitrogens is 2. The summed E-state index contributed by atoms with van der Waals surface area (Å²) in [5.74, 6) is 1.61. The van der Waals surface area contributed by atoms with Crippen LogP contribution in [0.3, 0.4) is 0 Å². The van der Waals surface area contributed by atoms with Crippen molar-refractivity contribution in [2.75, 3.05) is 18.9 Å². The van der Waals surface area contributed by atoms with Crippen molar-refractivity contribution >= 4 is 11.7 Å². The van der Waals surface area contributed by atoms with Crippen LogP contribution in [0.4, 0.5) is 5.82 Å². The monoisotopic (exact) mass is 264 g/mol. The van der Waals surface area contributed by atoms with Gasteiger partial charge in [-0.15, -0.1) is 0 Å². The molecule has 2 rings (SSSR count). The maximum atomic E-state index is 11.7. The van der Waals surface area contributed by atoms with Gasteiger partial charge in [0.15, 0.2) is 0 Å². The second-order valence-electron chi connectivity index (χ2n) is 5.61. The summed E-state index contributed by atoms with van der Waals surface area (Å²) in [5, 5.41) is 5.70. The number of aromatic amines is 1. The van der Waals surface area contributed by atoms with E-state index in [1.807, 2.05) is 13.8 Å². The zero-order valence-electron chi connectivity index (χ0n) is 11.5. The third-order valence-electron chi connectivity index (χ3n) is 3.28. The molecular weight excluding hydrogens is 244 g/mol. The van der Waals surface area contributed by atoms with E-state index in [1.54, 1.807) is 7.05 Å². The van der Waals surface area contributed by atoms with Gasteiger partial charge in [0.25, 0.3) is 5.56 Å². The second-order valence-corrected chi connectivity index (χ2v) is 5.61. The first-order valence-corrected chi connectivity index (χ1v) is 6.50. The van der Waals surface area contributed by atoms with Crippen molar-refractivity contribution in [2.24, 2.45) is 5.41 Å². The average Bonchev–Trinajstić information content (AvgIpc) is 3.19. The summed E-state index contributed by atoms with van der Waals surface area (Å²) >= 11 is 0. The third-order valence-corrected chi connectivity index (χ3v) is 3.28. The molecule has 1 aliphatic rings. The minimum Gasteiger partial charge on any atom is -0.369 e. The summed E-state index contributed by atoms with van der Waals surface area (Å²) < 4.78 is 0. The second kappa shape index (κ2) is 5.03. The highest BCUT2D eigenvalue weighted by Gasteiger charge is 2.28. The molecular formula is C13H20N4O2. The van der Waals surface area contributed by atoms with Gasteiger partial charge in [0.1, 0.15) is 11.6 Å². The molecule has 1 aromatic rings. The van der Waals surface area contributed by atoms with Gasteiger partial charge in [0, 0.05) is 25.6 Å². The fraction of sp³-hybridized carbons (Fsp3) is 0.615. The first-order chi connectivity index (χ1) is 8.92. The third kappa shape index (κ3) is 3.33. The van der Waals surface area contributed by atoms with Crippen LogP contribution < -0.4 is 16.2 Å². The summed E-state index contributed by atoms with van der Waals surface area (Å²) in [5.41, 5.74) is -0.712. The van der Waals surface area contributed by atoms with Crippen LogP contribution >= 0.6 is 0 Å². The van der Waals surface area contributed by atoms with E-state index in [4.69, 9.17) is 0 Å². The molecule has 1 fully saturated rings. The number of hydrogen-bond acceptors (Lipinski definition) is 4. The molecule has 1 heterocycles. The average molecular weight is 264 g/mol. The summed E-state index contributed by atoms with van der Waals surface area (Å²) in [6.45, 7) is 4.11. The minimum atomic E-state index is -0.557. The van der Waals surface area contributed by atoms with Gasteiger partial charge >= 0.3 is 0 Å². The lowest BCUT2D eigenvalue weighted by Crippen LogP contribution is -2.39. The number of hydrogen-bond donors (Lipinski definition) is 3. The fourth-order valence-electron chi connectivity index (χ4n) is 1.85. The molecule has 0 radical (unpaired) electrons. The van der Waals surface area contributed by atoms with Crippen molar-refractivity contribution in [3.63, 3.8) is 0 Å². The van der Waals surface area contributed by atoms with E-state index in [-0.39, 0.29) is 11.5 Å². The van der Waals surface area contributed by atoms with Crippen LogP contribution in [0.15, 0.2) is 10.9 Å². The quantitative estimate of drug-likeness (QED) is 0.735. The first-order valence-electron chi connectivity index (χ1n) is 6.50. The number of H-pyrrole nitrogens is 1. The van der Waals surface area contributed by atoms with Gasteiger partial charge in [-0.3, -0.25) is 9.59 Å². The van der Waals surface area contributed by atoms with Crippen molar-refractivity contribution < 1.29 is 4.79 Å². The Morgan fingerprint density at radius 3 is 2.79 bits per heavy atom. The van der Waals surface area contributed by atoms with Crippen molar-refractivity contribution in [2.45, 2.75) is 32.6 Å². The summed E-state index contributed by atoms with van der Waals surface area (Å²) in [6.07, 6.45) is 2.16. The van der Waals surface area contributed by atoms with E-state index in [1.165, 1.54) is 6.07 Å².